The molecule has 0 amide bonds. The van der Waals surface area contributed by atoms with E-state index in [9.17, 15) is 0 Å². The first-order valence-electron chi connectivity index (χ1n) is 18.4. The molecule has 0 bridgehead atoms. The summed E-state index contributed by atoms with van der Waals surface area (Å²) in [6.07, 6.45) is 0. The van der Waals surface area contributed by atoms with Crippen molar-refractivity contribution in [3.8, 4) is 44.5 Å². The van der Waals surface area contributed by atoms with E-state index in [0.717, 1.165) is 0 Å². The molecule has 0 saturated carbocycles. The Morgan fingerprint density at radius 3 is 0.731 bits per heavy atom. The summed E-state index contributed by atoms with van der Waals surface area (Å²) in [5.41, 5.74) is 29.4. The van der Waals surface area contributed by atoms with Crippen molar-refractivity contribution in [3.63, 3.8) is 0 Å². The molecule has 2 radical (unpaired) electrons. The molecule has 0 N–H and O–H groups in total. The van der Waals surface area contributed by atoms with Gasteiger partial charge in [-0.3, -0.25) is 0 Å². The number of hydrogen-bond acceptors (Lipinski definition) is 2. The van der Waals surface area contributed by atoms with Crippen LogP contribution in [0.3, 0.4) is 0 Å². The van der Waals surface area contributed by atoms with Gasteiger partial charge in [0.1, 0.15) is 0 Å². The van der Waals surface area contributed by atoms with E-state index in [-0.39, 0.29) is 16.2 Å². The van der Waals surface area contributed by atoms with Crippen LogP contribution in [-0.2, 0) is 0 Å². The van der Waals surface area contributed by atoms with Crippen LogP contribution in [0.5, 0.6) is 0 Å². The predicted molar refractivity (Wildman–Crippen MR) is 229 cm³/mol. The average molecular weight is 761 g/mol. The fourth-order valence-electron chi connectivity index (χ4n) is 9.09. The number of aryl methyl sites for hydroxylation is 12. The quantitative estimate of drug-likeness (QED) is 0.123. The van der Waals surface area contributed by atoms with Gasteiger partial charge in [-0.15, -0.1) is 0 Å². The first kappa shape index (κ1) is 36.3. The second kappa shape index (κ2) is 14.0. The summed E-state index contributed by atoms with van der Waals surface area (Å²) >= 11 is -0.381. The third-order valence-electron chi connectivity index (χ3n) is 10.6. The summed E-state index contributed by atoms with van der Waals surface area (Å²) in [7, 11) is 1.19. The first-order chi connectivity index (χ1) is 24.7. The molecule has 1 saturated heterocycles. The monoisotopic (exact) mass is 760 g/mol. The average Bonchev–Trinajstić information content (AvgIpc) is 3.00. The zero-order valence-corrected chi connectivity index (χ0v) is 35.6. The standard InChI is InChI=1S/C48H50AsN2P/c1-27-19-31(5)43(32(6)20-27)39-15-13-16-40(44-33(7)21-28(2)22-34(44)8)47(39)50-49-51(52-50)48-41(45-35(9)23-29(3)24-36(45)10)17-14-18-42(48)46-37(11)25-30(4)26-38(46)12/h13-26H,1-12H3. The van der Waals surface area contributed by atoms with Crippen LogP contribution in [0.2, 0.25) is 0 Å². The van der Waals surface area contributed by atoms with E-state index in [4.69, 9.17) is 0 Å². The van der Waals surface area contributed by atoms with Crippen molar-refractivity contribution in [2.45, 2.75) is 83.1 Å². The minimum atomic E-state index is -0.381. The van der Waals surface area contributed by atoms with Crippen molar-refractivity contribution in [3.05, 3.63) is 152 Å². The Morgan fingerprint density at radius 2 is 0.538 bits per heavy atom. The molecule has 52 heavy (non-hydrogen) atoms. The summed E-state index contributed by atoms with van der Waals surface area (Å²) in [6, 6.07) is 32.7. The van der Waals surface area contributed by atoms with Crippen molar-refractivity contribution in [1.29, 1.82) is 0 Å². The van der Waals surface area contributed by atoms with Gasteiger partial charge in [0, 0.05) is 0 Å². The van der Waals surface area contributed by atoms with Gasteiger partial charge >= 0.3 is 323 Å². The molecular weight excluding hydrogens is 710 g/mol. The molecule has 2 nitrogen and oxygen atoms in total. The van der Waals surface area contributed by atoms with E-state index in [1.165, 1.54) is 132 Å². The Kier molecular flexibility index (Phi) is 9.80. The van der Waals surface area contributed by atoms with Crippen LogP contribution in [0.1, 0.15) is 66.8 Å². The third kappa shape index (κ3) is 6.44. The van der Waals surface area contributed by atoms with Gasteiger partial charge in [0.05, 0.1) is 0 Å². The molecule has 1 aliphatic rings. The van der Waals surface area contributed by atoms with E-state index >= 15 is 0 Å². The SMILES string of the molecule is Cc1cc(C)c(-c2cccc(-c3c(C)cc(C)cc3C)c2N2[P]N(c3c(-c4c(C)cc(C)cc4C)cccc3-c3c(C)cc(C)cc3C)[As]2)c(C)c1. The molecule has 6 aromatic carbocycles. The van der Waals surface area contributed by atoms with Crippen LogP contribution in [-0.4, -0.2) is 16.2 Å². The molecule has 4 heteroatoms. The van der Waals surface area contributed by atoms with E-state index in [2.05, 4.69) is 175 Å². The van der Waals surface area contributed by atoms with E-state index in [1.807, 2.05) is 0 Å². The molecule has 0 atom stereocenters. The van der Waals surface area contributed by atoms with Gasteiger partial charge in [-0.1, -0.05) is 0 Å². The summed E-state index contributed by atoms with van der Waals surface area (Å²) in [4.78, 5) is 0. The van der Waals surface area contributed by atoms with Crippen molar-refractivity contribution >= 4 is 36.5 Å². The Morgan fingerprint density at radius 1 is 0.346 bits per heavy atom. The summed E-state index contributed by atoms with van der Waals surface area (Å²) in [5.74, 6) is 0. The number of rotatable bonds is 6. The van der Waals surface area contributed by atoms with Gasteiger partial charge in [0.2, 0.25) is 0 Å². The molecule has 1 heterocycles. The Bertz CT molecular complexity index is 1990. The molecule has 0 aromatic heterocycles. The van der Waals surface area contributed by atoms with Crippen LogP contribution in [0.25, 0.3) is 44.5 Å². The van der Waals surface area contributed by atoms with Gasteiger partial charge in [-0.25, -0.2) is 0 Å². The predicted octanol–water partition coefficient (Wildman–Crippen LogP) is 13.7. The Labute approximate surface area is 321 Å². The molecule has 6 aromatic rings. The van der Waals surface area contributed by atoms with Gasteiger partial charge in [-0.05, 0) is 0 Å². The minimum absolute atomic E-state index is 0.381. The van der Waals surface area contributed by atoms with Crippen molar-refractivity contribution < 1.29 is 0 Å². The van der Waals surface area contributed by atoms with Crippen LogP contribution < -0.4 is 7.17 Å². The zero-order valence-electron chi connectivity index (χ0n) is 32.9. The molecule has 7 rings (SSSR count). The van der Waals surface area contributed by atoms with Crippen molar-refractivity contribution in [2.75, 3.05) is 7.17 Å². The maximum absolute atomic E-state index is 2.68. The number of benzene rings is 6. The number of nitrogens with zero attached hydrogens (tertiary/aromatic N) is 2. The van der Waals surface area contributed by atoms with Gasteiger partial charge in [0.25, 0.3) is 0 Å². The van der Waals surface area contributed by atoms with E-state index < -0.39 is 0 Å². The molecule has 1 aliphatic heterocycles. The maximum atomic E-state index is 2.68. The third-order valence-corrected chi connectivity index (χ3v) is 14.7. The summed E-state index contributed by atoms with van der Waals surface area (Å²) in [6.45, 7) is 27.1. The van der Waals surface area contributed by atoms with Gasteiger partial charge in [0.15, 0.2) is 0 Å². The summed E-state index contributed by atoms with van der Waals surface area (Å²) < 4.78 is 5.37. The van der Waals surface area contributed by atoms with E-state index in [1.54, 1.807) is 0 Å². The van der Waals surface area contributed by atoms with Crippen LogP contribution in [0.15, 0.2) is 84.9 Å². The number of anilines is 2. The fraction of sp³-hybridized carbons (Fsp3) is 0.250. The second-order valence-electron chi connectivity index (χ2n) is 15.3. The van der Waals surface area contributed by atoms with Crippen LogP contribution in [0.4, 0.5) is 11.4 Å². The molecule has 1 fully saturated rings. The molecular formula is C48H50AsN2P. The fourth-order valence-corrected chi connectivity index (χ4v) is 12.9. The van der Waals surface area contributed by atoms with Crippen LogP contribution in [0, 0.1) is 83.1 Å². The van der Waals surface area contributed by atoms with Crippen molar-refractivity contribution in [2.24, 2.45) is 0 Å². The first-order valence-corrected chi connectivity index (χ1v) is 20.8. The number of para-hydroxylation sites is 2. The molecule has 0 spiro atoms. The second-order valence-corrected chi connectivity index (χ2v) is 19.7. The van der Waals surface area contributed by atoms with Gasteiger partial charge < -0.3 is 0 Å². The summed E-state index contributed by atoms with van der Waals surface area (Å²) in [5, 5.41) is 0. The zero-order chi connectivity index (χ0) is 37.2. The van der Waals surface area contributed by atoms with Crippen molar-refractivity contribution in [1.82, 2.24) is 0 Å². The van der Waals surface area contributed by atoms with Crippen LogP contribution >= 0.6 is 8.88 Å². The molecule has 0 aliphatic carbocycles. The Balaban J connectivity index is 1.44. The topological polar surface area (TPSA) is 6.48 Å². The normalized spacial score (nSPS) is 13.7. The molecule has 0 unspecified atom stereocenters. The Hall–Kier alpha value is -4.09. The van der Waals surface area contributed by atoms with E-state index in [0.29, 0.717) is 0 Å². The van der Waals surface area contributed by atoms with Gasteiger partial charge in [-0.2, -0.15) is 0 Å². The molecule has 262 valence electrons. The number of hydrogen-bond donors (Lipinski definition) is 0.